The van der Waals surface area contributed by atoms with Crippen LogP contribution in [0, 0.1) is 6.92 Å². The van der Waals surface area contributed by atoms with Crippen molar-refractivity contribution in [1.82, 2.24) is 13.7 Å². The van der Waals surface area contributed by atoms with E-state index in [0.29, 0.717) is 5.69 Å². The van der Waals surface area contributed by atoms with Crippen molar-refractivity contribution in [3.8, 4) is 0 Å². The van der Waals surface area contributed by atoms with Crippen molar-refractivity contribution >= 4 is 48.9 Å². The molecule has 0 unspecified atom stereocenters. The van der Waals surface area contributed by atoms with Crippen LogP contribution in [0.3, 0.4) is 0 Å². The van der Waals surface area contributed by atoms with E-state index in [1.165, 1.54) is 7.05 Å². The molecule has 0 aliphatic rings. The molecule has 0 bridgehead atoms. The first-order valence-electron chi connectivity index (χ1n) is 8.77. The van der Waals surface area contributed by atoms with Gasteiger partial charge in [0.15, 0.2) is 0 Å². The fraction of sp³-hybridized carbons (Fsp3) is 0.200. The molecule has 144 valence electrons. The number of fused-ring (bicyclic) bond motifs is 5. The minimum Gasteiger partial charge on any atom is -0.323 e. The van der Waals surface area contributed by atoms with Crippen LogP contribution in [-0.2, 0) is 14.8 Å². The van der Waals surface area contributed by atoms with Crippen LogP contribution in [-0.4, -0.2) is 47.9 Å². The van der Waals surface area contributed by atoms with Gasteiger partial charge in [0.2, 0.25) is 15.9 Å². The molecule has 2 aromatic heterocycles. The molecule has 4 rings (SSSR count). The van der Waals surface area contributed by atoms with Crippen LogP contribution in [0.4, 0.5) is 5.69 Å². The van der Waals surface area contributed by atoms with E-state index in [4.69, 9.17) is 0 Å². The lowest BCUT2D eigenvalue weighted by molar-refractivity contribution is -0.116. The summed E-state index contributed by atoms with van der Waals surface area (Å²) in [5.41, 5.74) is 3.27. The smallest absolute Gasteiger partial charge is 0.239 e. The zero-order valence-corrected chi connectivity index (χ0v) is 16.6. The second kappa shape index (κ2) is 6.57. The number of amides is 1. The highest BCUT2D eigenvalue weighted by molar-refractivity contribution is 7.88. The summed E-state index contributed by atoms with van der Waals surface area (Å²) >= 11 is 0. The van der Waals surface area contributed by atoms with E-state index in [0.717, 1.165) is 43.7 Å². The van der Waals surface area contributed by atoms with Gasteiger partial charge in [0, 0.05) is 17.8 Å². The Labute approximate surface area is 162 Å². The highest BCUT2D eigenvalue weighted by Gasteiger charge is 2.20. The maximum absolute atomic E-state index is 12.6. The molecule has 0 aliphatic carbocycles. The summed E-state index contributed by atoms with van der Waals surface area (Å²) in [5.74, 6) is 0.406. The summed E-state index contributed by atoms with van der Waals surface area (Å²) in [4.78, 5) is 17.3. The number of sulfonamides is 1. The highest BCUT2D eigenvalue weighted by Crippen LogP contribution is 2.36. The van der Waals surface area contributed by atoms with Crippen molar-refractivity contribution in [3.05, 3.63) is 54.4 Å². The molecule has 0 saturated carbocycles. The van der Waals surface area contributed by atoms with Gasteiger partial charge < -0.3 is 5.32 Å². The Morgan fingerprint density at radius 1 is 1.11 bits per heavy atom. The Hall–Kier alpha value is -2.97. The maximum Gasteiger partial charge on any atom is 0.239 e. The number of carbonyl (C=O) groups excluding carboxylic acids is 1. The SMILES string of the molecule is Cc1nc2ccccc2c2c(NC(=O)CN(C)S(C)(=O)=O)c3ccccc3n12. The van der Waals surface area contributed by atoms with Crippen molar-refractivity contribution in [2.45, 2.75) is 6.92 Å². The van der Waals surface area contributed by atoms with Crippen LogP contribution < -0.4 is 5.32 Å². The Bertz CT molecular complexity index is 1340. The monoisotopic (exact) mass is 396 g/mol. The molecular weight excluding hydrogens is 376 g/mol. The van der Waals surface area contributed by atoms with Gasteiger partial charge in [0.25, 0.3) is 0 Å². The summed E-state index contributed by atoms with van der Waals surface area (Å²) in [6.45, 7) is 1.67. The lowest BCUT2D eigenvalue weighted by Gasteiger charge is -2.14. The number of hydrogen-bond donors (Lipinski definition) is 1. The molecule has 0 aliphatic heterocycles. The van der Waals surface area contributed by atoms with Gasteiger partial charge in [0.1, 0.15) is 5.82 Å². The molecule has 0 atom stereocenters. The third-order valence-corrected chi connectivity index (χ3v) is 6.10. The van der Waals surface area contributed by atoms with Crippen LogP contribution in [0.5, 0.6) is 0 Å². The van der Waals surface area contributed by atoms with Crippen molar-refractivity contribution in [1.29, 1.82) is 0 Å². The lowest BCUT2D eigenvalue weighted by atomic mass is 10.1. The molecule has 4 aromatic rings. The van der Waals surface area contributed by atoms with Gasteiger partial charge in [-0.25, -0.2) is 13.4 Å². The summed E-state index contributed by atoms with van der Waals surface area (Å²) in [6, 6.07) is 15.5. The number of hydrogen-bond acceptors (Lipinski definition) is 4. The van der Waals surface area contributed by atoms with Crippen LogP contribution in [0.1, 0.15) is 5.82 Å². The molecule has 7 nitrogen and oxygen atoms in total. The quantitative estimate of drug-likeness (QED) is 0.575. The molecule has 1 N–H and O–H groups in total. The highest BCUT2D eigenvalue weighted by atomic mass is 32.2. The van der Waals surface area contributed by atoms with Crippen LogP contribution >= 0.6 is 0 Å². The van der Waals surface area contributed by atoms with Gasteiger partial charge in [-0.05, 0) is 19.1 Å². The molecule has 8 heteroatoms. The number of anilines is 1. The van der Waals surface area contributed by atoms with Crippen molar-refractivity contribution in [3.63, 3.8) is 0 Å². The van der Waals surface area contributed by atoms with E-state index in [1.807, 2.05) is 59.9 Å². The van der Waals surface area contributed by atoms with Gasteiger partial charge in [-0.15, -0.1) is 0 Å². The molecule has 1 amide bonds. The zero-order chi connectivity index (χ0) is 20.1. The van der Waals surface area contributed by atoms with Crippen LogP contribution in [0.15, 0.2) is 48.5 Å². The molecule has 2 aromatic carbocycles. The van der Waals surface area contributed by atoms with Gasteiger partial charge in [-0.1, -0.05) is 36.4 Å². The fourth-order valence-electron chi connectivity index (χ4n) is 3.45. The number of benzene rings is 2. The van der Waals surface area contributed by atoms with Gasteiger partial charge >= 0.3 is 0 Å². The van der Waals surface area contributed by atoms with E-state index in [9.17, 15) is 13.2 Å². The van der Waals surface area contributed by atoms with E-state index in [2.05, 4.69) is 10.3 Å². The predicted molar refractivity (Wildman–Crippen MR) is 111 cm³/mol. The van der Waals surface area contributed by atoms with E-state index >= 15 is 0 Å². The standard InChI is InChI=1S/C20H20N4O3S/c1-13-21-16-10-6-4-8-14(16)20-19(15-9-5-7-11-17(15)24(13)20)22-18(25)12-23(2)28(3,26)27/h4-11H,12H2,1-3H3,(H,22,25). The summed E-state index contributed by atoms with van der Waals surface area (Å²) < 4.78 is 26.3. The second-order valence-electron chi connectivity index (χ2n) is 6.82. The molecule has 0 spiro atoms. The molecule has 28 heavy (non-hydrogen) atoms. The largest absolute Gasteiger partial charge is 0.323 e. The summed E-state index contributed by atoms with van der Waals surface area (Å²) in [7, 11) is -2.06. The first kappa shape index (κ1) is 18.4. The van der Waals surface area contributed by atoms with Crippen LogP contribution in [0.2, 0.25) is 0 Å². The minimum atomic E-state index is -3.45. The number of aryl methyl sites for hydroxylation is 1. The van der Waals surface area contributed by atoms with Crippen LogP contribution in [0.25, 0.3) is 27.3 Å². The second-order valence-corrected chi connectivity index (χ2v) is 8.91. The van der Waals surface area contributed by atoms with E-state index in [1.54, 1.807) is 0 Å². The normalized spacial score (nSPS) is 12.3. The fourth-order valence-corrected chi connectivity index (χ4v) is 3.80. The molecule has 0 fully saturated rings. The number of nitrogens with zero attached hydrogens (tertiary/aromatic N) is 3. The molecule has 2 heterocycles. The van der Waals surface area contributed by atoms with Gasteiger partial charge in [0.05, 0.1) is 35.0 Å². The van der Waals surface area contributed by atoms with Gasteiger partial charge in [-0.3, -0.25) is 9.20 Å². The van der Waals surface area contributed by atoms with Crippen molar-refractivity contribution in [2.75, 3.05) is 25.2 Å². The zero-order valence-electron chi connectivity index (χ0n) is 15.8. The summed E-state index contributed by atoms with van der Waals surface area (Å²) in [5, 5.41) is 4.72. The van der Waals surface area contributed by atoms with Gasteiger partial charge in [-0.2, -0.15) is 4.31 Å². The number of carbonyl (C=O) groups is 1. The Balaban J connectivity index is 1.95. The lowest BCUT2D eigenvalue weighted by Crippen LogP contribution is -2.34. The van der Waals surface area contributed by atoms with Crippen molar-refractivity contribution in [2.24, 2.45) is 0 Å². The third-order valence-electron chi connectivity index (χ3n) is 4.84. The third kappa shape index (κ3) is 3.00. The first-order valence-corrected chi connectivity index (χ1v) is 10.6. The van der Waals surface area contributed by atoms with Crippen molar-refractivity contribution < 1.29 is 13.2 Å². The average Bonchev–Trinajstić information content (AvgIpc) is 2.96. The molecular formula is C20H20N4O3S. The number of rotatable bonds is 4. The predicted octanol–water partition coefficient (Wildman–Crippen LogP) is 2.78. The Morgan fingerprint density at radius 2 is 1.75 bits per heavy atom. The molecule has 0 radical (unpaired) electrons. The van der Waals surface area contributed by atoms with E-state index < -0.39 is 15.9 Å². The number of nitrogens with one attached hydrogen (secondary N) is 1. The average molecular weight is 396 g/mol. The summed E-state index contributed by atoms with van der Waals surface area (Å²) in [6.07, 6.45) is 1.08. The maximum atomic E-state index is 12.6. The van der Waals surface area contributed by atoms with E-state index in [-0.39, 0.29) is 6.54 Å². The number of aromatic nitrogens is 2. The Kier molecular flexibility index (Phi) is 4.32. The molecule has 0 saturated heterocycles. The number of likely N-dealkylation sites (N-methyl/N-ethyl adjacent to an activating group) is 1. The first-order chi connectivity index (χ1) is 13.3. The number of para-hydroxylation sites is 2. The topological polar surface area (TPSA) is 83.8 Å². The minimum absolute atomic E-state index is 0.257. The Morgan fingerprint density at radius 3 is 2.46 bits per heavy atom.